The van der Waals surface area contributed by atoms with Crippen molar-refractivity contribution in [2.75, 3.05) is 5.73 Å². The van der Waals surface area contributed by atoms with E-state index in [9.17, 15) is 0 Å². The topological polar surface area (TPSA) is 69.6 Å². The predicted molar refractivity (Wildman–Crippen MR) is 66.9 cm³/mol. The standard InChI is InChI=1S/C11H9N5S/c12-9-3-1-2-8(6-9)11-13-14-15-16(11)10-4-5-17-7-10/h1-7H,12H2. The van der Waals surface area contributed by atoms with Crippen LogP contribution in [0.25, 0.3) is 17.1 Å². The van der Waals surface area contributed by atoms with Crippen molar-refractivity contribution >= 4 is 17.0 Å². The lowest BCUT2D eigenvalue weighted by atomic mass is 10.2. The number of rotatable bonds is 2. The normalized spacial score (nSPS) is 10.6. The minimum Gasteiger partial charge on any atom is -0.399 e. The van der Waals surface area contributed by atoms with Crippen LogP contribution in [-0.4, -0.2) is 20.2 Å². The molecular formula is C11H9N5S. The summed E-state index contributed by atoms with van der Waals surface area (Å²) in [4.78, 5) is 0. The van der Waals surface area contributed by atoms with Gasteiger partial charge >= 0.3 is 0 Å². The highest BCUT2D eigenvalue weighted by atomic mass is 32.1. The van der Waals surface area contributed by atoms with E-state index in [1.165, 1.54) is 0 Å². The molecule has 3 aromatic rings. The number of nitrogens with two attached hydrogens (primary N) is 1. The van der Waals surface area contributed by atoms with Gasteiger partial charge in [0, 0.05) is 16.6 Å². The zero-order valence-corrected chi connectivity index (χ0v) is 9.63. The summed E-state index contributed by atoms with van der Waals surface area (Å²) in [5.41, 5.74) is 8.31. The molecule has 0 aliphatic heterocycles. The molecule has 2 heterocycles. The van der Waals surface area contributed by atoms with Crippen LogP contribution in [0.5, 0.6) is 0 Å². The molecule has 3 rings (SSSR count). The third kappa shape index (κ3) is 1.78. The van der Waals surface area contributed by atoms with Gasteiger partial charge in [-0.3, -0.25) is 0 Å². The number of hydrogen-bond donors (Lipinski definition) is 1. The zero-order chi connectivity index (χ0) is 11.7. The SMILES string of the molecule is Nc1cccc(-c2nnnn2-c2ccsc2)c1. The maximum Gasteiger partial charge on any atom is 0.187 e. The third-order valence-corrected chi connectivity index (χ3v) is 3.04. The maximum atomic E-state index is 5.76. The highest BCUT2D eigenvalue weighted by Gasteiger charge is 2.10. The maximum absolute atomic E-state index is 5.76. The number of nitrogen functional groups attached to an aromatic ring is 1. The van der Waals surface area contributed by atoms with E-state index in [0.29, 0.717) is 11.5 Å². The van der Waals surface area contributed by atoms with Crippen LogP contribution in [0, 0.1) is 0 Å². The Morgan fingerprint density at radius 2 is 2.18 bits per heavy atom. The number of tetrazole rings is 1. The molecule has 17 heavy (non-hydrogen) atoms. The lowest BCUT2D eigenvalue weighted by molar-refractivity contribution is 0.793. The molecule has 0 bridgehead atoms. The highest BCUT2D eigenvalue weighted by molar-refractivity contribution is 7.08. The fourth-order valence-corrected chi connectivity index (χ4v) is 2.21. The number of nitrogens with zero attached hydrogens (tertiary/aromatic N) is 4. The Kier molecular flexibility index (Phi) is 2.34. The van der Waals surface area contributed by atoms with Crippen molar-refractivity contribution in [3.05, 3.63) is 41.1 Å². The quantitative estimate of drug-likeness (QED) is 0.699. The largest absolute Gasteiger partial charge is 0.399 e. The van der Waals surface area contributed by atoms with E-state index < -0.39 is 0 Å². The minimum absolute atomic E-state index is 0.690. The molecule has 0 saturated carbocycles. The van der Waals surface area contributed by atoms with Crippen molar-refractivity contribution < 1.29 is 0 Å². The second kappa shape index (κ2) is 3.99. The molecule has 84 valence electrons. The zero-order valence-electron chi connectivity index (χ0n) is 8.82. The van der Waals surface area contributed by atoms with Crippen LogP contribution < -0.4 is 5.73 Å². The van der Waals surface area contributed by atoms with Gasteiger partial charge in [-0.1, -0.05) is 12.1 Å². The first-order chi connectivity index (χ1) is 8.34. The van der Waals surface area contributed by atoms with Crippen molar-refractivity contribution in [2.24, 2.45) is 0 Å². The van der Waals surface area contributed by atoms with Gasteiger partial charge in [0.2, 0.25) is 0 Å². The van der Waals surface area contributed by atoms with Gasteiger partial charge in [-0.05, 0) is 34.0 Å². The van der Waals surface area contributed by atoms with Gasteiger partial charge in [0.15, 0.2) is 5.82 Å². The van der Waals surface area contributed by atoms with Crippen molar-refractivity contribution in [3.8, 4) is 17.1 Å². The smallest absolute Gasteiger partial charge is 0.187 e. The molecule has 2 aromatic heterocycles. The van der Waals surface area contributed by atoms with Crippen molar-refractivity contribution in [2.45, 2.75) is 0 Å². The average molecular weight is 243 g/mol. The molecule has 0 amide bonds. The van der Waals surface area contributed by atoms with Gasteiger partial charge in [-0.25, -0.2) is 0 Å². The molecule has 0 spiro atoms. The van der Waals surface area contributed by atoms with Gasteiger partial charge in [0.05, 0.1) is 5.69 Å². The van der Waals surface area contributed by atoms with E-state index in [1.807, 2.05) is 41.1 Å². The van der Waals surface area contributed by atoms with Gasteiger partial charge in [0.1, 0.15) is 0 Å². The molecule has 0 unspecified atom stereocenters. The molecule has 0 atom stereocenters. The molecule has 5 nitrogen and oxygen atoms in total. The Labute approximate surface area is 102 Å². The van der Waals surface area contributed by atoms with Crippen molar-refractivity contribution in [3.63, 3.8) is 0 Å². The van der Waals surface area contributed by atoms with Crippen LogP contribution in [0.2, 0.25) is 0 Å². The summed E-state index contributed by atoms with van der Waals surface area (Å²) in [6.07, 6.45) is 0. The summed E-state index contributed by atoms with van der Waals surface area (Å²) in [5.74, 6) is 0.690. The summed E-state index contributed by atoms with van der Waals surface area (Å²) in [6.45, 7) is 0. The summed E-state index contributed by atoms with van der Waals surface area (Å²) in [6, 6.07) is 9.48. The van der Waals surface area contributed by atoms with Crippen LogP contribution in [0.4, 0.5) is 5.69 Å². The second-order valence-electron chi connectivity index (χ2n) is 3.52. The number of benzene rings is 1. The van der Waals surface area contributed by atoms with Crippen LogP contribution in [0.3, 0.4) is 0 Å². The van der Waals surface area contributed by atoms with Gasteiger partial charge in [-0.15, -0.1) is 5.10 Å². The lowest BCUT2D eigenvalue weighted by Gasteiger charge is -2.02. The lowest BCUT2D eigenvalue weighted by Crippen LogP contribution is -1.98. The first-order valence-corrected chi connectivity index (χ1v) is 5.96. The van der Waals surface area contributed by atoms with Crippen LogP contribution in [-0.2, 0) is 0 Å². The first kappa shape index (κ1) is 9.98. The Balaban J connectivity index is 2.14. The summed E-state index contributed by atoms with van der Waals surface area (Å²) in [7, 11) is 0. The van der Waals surface area contributed by atoms with Gasteiger partial charge in [0.25, 0.3) is 0 Å². The van der Waals surface area contributed by atoms with E-state index in [0.717, 1.165) is 11.3 Å². The van der Waals surface area contributed by atoms with Gasteiger partial charge < -0.3 is 5.73 Å². The van der Waals surface area contributed by atoms with Crippen LogP contribution in [0.15, 0.2) is 41.1 Å². The fourth-order valence-electron chi connectivity index (χ4n) is 1.60. The third-order valence-electron chi connectivity index (χ3n) is 2.37. The molecule has 0 aliphatic rings. The number of thiophene rings is 1. The van der Waals surface area contributed by atoms with E-state index in [4.69, 9.17) is 5.73 Å². The number of anilines is 1. The number of hydrogen-bond acceptors (Lipinski definition) is 5. The minimum atomic E-state index is 0.690. The summed E-state index contributed by atoms with van der Waals surface area (Å²) < 4.78 is 1.70. The Bertz CT molecular complexity index is 629. The van der Waals surface area contributed by atoms with Crippen molar-refractivity contribution in [1.82, 2.24) is 20.2 Å². The van der Waals surface area contributed by atoms with Gasteiger partial charge in [-0.2, -0.15) is 16.0 Å². The van der Waals surface area contributed by atoms with Crippen LogP contribution in [0.1, 0.15) is 0 Å². The summed E-state index contributed by atoms with van der Waals surface area (Å²) in [5, 5.41) is 15.7. The summed E-state index contributed by atoms with van der Waals surface area (Å²) >= 11 is 1.60. The Morgan fingerprint density at radius 3 is 2.94 bits per heavy atom. The number of aromatic nitrogens is 4. The van der Waals surface area contributed by atoms with E-state index >= 15 is 0 Å². The van der Waals surface area contributed by atoms with E-state index in [2.05, 4.69) is 15.5 Å². The van der Waals surface area contributed by atoms with E-state index in [1.54, 1.807) is 16.0 Å². The molecule has 1 aromatic carbocycles. The second-order valence-corrected chi connectivity index (χ2v) is 4.30. The molecule has 0 saturated heterocycles. The van der Waals surface area contributed by atoms with E-state index in [-0.39, 0.29) is 0 Å². The van der Waals surface area contributed by atoms with Crippen molar-refractivity contribution in [1.29, 1.82) is 0 Å². The Hall–Kier alpha value is -2.21. The molecule has 6 heteroatoms. The first-order valence-electron chi connectivity index (χ1n) is 5.01. The Morgan fingerprint density at radius 1 is 1.24 bits per heavy atom. The fraction of sp³-hybridized carbons (Fsp3) is 0. The molecule has 0 radical (unpaired) electrons. The molecule has 0 fully saturated rings. The molecule has 2 N–H and O–H groups in total. The van der Waals surface area contributed by atoms with Crippen LogP contribution >= 0.6 is 11.3 Å². The average Bonchev–Trinajstić information content (AvgIpc) is 3.00. The monoisotopic (exact) mass is 243 g/mol. The highest BCUT2D eigenvalue weighted by Crippen LogP contribution is 2.22. The molecule has 0 aliphatic carbocycles. The predicted octanol–water partition coefficient (Wildman–Crippen LogP) is 1.97. The molecular weight excluding hydrogens is 234 g/mol.